The number of sulfone groups is 1. The van der Waals surface area contributed by atoms with E-state index in [9.17, 15) is 18.0 Å². The fourth-order valence-electron chi connectivity index (χ4n) is 2.23. The van der Waals surface area contributed by atoms with Crippen molar-refractivity contribution in [1.82, 2.24) is 0 Å². The van der Waals surface area contributed by atoms with Crippen LogP contribution in [0.2, 0.25) is 0 Å². The summed E-state index contributed by atoms with van der Waals surface area (Å²) in [4.78, 5) is 23.9. The van der Waals surface area contributed by atoms with Crippen LogP contribution in [-0.4, -0.2) is 33.1 Å². The summed E-state index contributed by atoms with van der Waals surface area (Å²) in [6.07, 6.45) is 0. The number of hydrogen-bond acceptors (Lipinski definition) is 5. The van der Waals surface area contributed by atoms with E-state index in [-0.39, 0.29) is 27.5 Å². The van der Waals surface area contributed by atoms with Crippen molar-refractivity contribution in [3.63, 3.8) is 0 Å². The molecule has 8 heteroatoms. The summed E-state index contributed by atoms with van der Waals surface area (Å²) < 4.78 is 29.5. The molecule has 0 saturated heterocycles. The maximum absolute atomic E-state index is 12.6. The quantitative estimate of drug-likeness (QED) is 0.813. The normalized spacial score (nSPS) is 11.0. The zero-order valence-electron chi connectivity index (χ0n) is 13.8. The van der Waals surface area contributed by atoms with E-state index in [1.807, 2.05) is 0 Å². The van der Waals surface area contributed by atoms with Crippen molar-refractivity contribution in [2.75, 3.05) is 18.2 Å². The van der Waals surface area contributed by atoms with Gasteiger partial charge in [0.1, 0.15) is 5.75 Å². The third-order valence-corrected chi connectivity index (χ3v) is 5.37. The zero-order chi connectivity index (χ0) is 18.6. The molecular formula is C17H18N2O5S. The Morgan fingerprint density at radius 3 is 2.44 bits per heavy atom. The second-order valence-electron chi connectivity index (χ2n) is 5.13. The number of hydrogen-bond donors (Lipinski definition) is 2. The molecule has 0 saturated carbocycles. The van der Waals surface area contributed by atoms with Gasteiger partial charge >= 0.3 is 0 Å². The van der Waals surface area contributed by atoms with Crippen molar-refractivity contribution >= 4 is 27.3 Å². The van der Waals surface area contributed by atoms with Crippen LogP contribution in [0.4, 0.5) is 5.69 Å². The molecule has 132 valence electrons. The zero-order valence-corrected chi connectivity index (χ0v) is 14.6. The Hall–Kier alpha value is -2.87. The first-order valence-electron chi connectivity index (χ1n) is 7.41. The lowest BCUT2D eigenvalue weighted by Crippen LogP contribution is -2.18. The van der Waals surface area contributed by atoms with Gasteiger partial charge in [-0.2, -0.15) is 0 Å². The van der Waals surface area contributed by atoms with Crippen LogP contribution in [0.1, 0.15) is 27.6 Å². The molecule has 2 aromatic carbocycles. The predicted octanol–water partition coefficient (Wildman–Crippen LogP) is 1.84. The van der Waals surface area contributed by atoms with Crippen molar-refractivity contribution in [2.24, 2.45) is 5.73 Å². The highest BCUT2D eigenvalue weighted by atomic mass is 32.2. The molecular weight excluding hydrogens is 344 g/mol. The summed E-state index contributed by atoms with van der Waals surface area (Å²) in [5, 5.41) is 2.57. The number of ether oxygens (including phenoxy) is 1. The van der Waals surface area contributed by atoms with Gasteiger partial charge in [0.2, 0.25) is 5.91 Å². The van der Waals surface area contributed by atoms with Gasteiger partial charge in [0.05, 0.1) is 29.0 Å². The number of carbonyl (C=O) groups excluding carboxylic acids is 2. The van der Waals surface area contributed by atoms with Crippen molar-refractivity contribution in [2.45, 2.75) is 11.8 Å². The van der Waals surface area contributed by atoms with Crippen LogP contribution in [0.25, 0.3) is 0 Å². The molecule has 0 aromatic heterocycles. The molecule has 0 aliphatic rings. The molecule has 3 N–H and O–H groups in total. The molecule has 0 spiro atoms. The van der Waals surface area contributed by atoms with Crippen LogP contribution >= 0.6 is 0 Å². The number of benzene rings is 2. The van der Waals surface area contributed by atoms with Gasteiger partial charge in [-0.3, -0.25) is 9.59 Å². The van der Waals surface area contributed by atoms with E-state index in [0.717, 1.165) is 0 Å². The monoisotopic (exact) mass is 362 g/mol. The third kappa shape index (κ3) is 3.97. The topological polar surface area (TPSA) is 116 Å². The number of methoxy groups -OCH3 is 1. The van der Waals surface area contributed by atoms with Gasteiger partial charge in [-0.15, -0.1) is 0 Å². The van der Waals surface area contributed by atoms with Crippen molar-refractivity contribution in [3.8, 4) is 5.75 Å². The Morgan fingerprint density at radius 1 is 1.16 bits per heavy atom. The Morgan fingerprint density at radius 2 is 1.84 bits per heavy atom. The minimum absolute atomic E-state index is 0.0101. The van der Waals surface area contributed by atoms with Crippen molar-refractivity contribution in [3.05, 3.63) is 53.6 Å². The lowest BCUT2D eigenvalue weighted by Gasteiger charge is -2.13. The molecule has 0 bridgehead atoms. The minimum atomic E-state index is -3.57. The number of amides is 2. The van der Waals surface area contributed by atoms with E-state index >= 15 is 0 Å². The minimum Gasteiger partial charge on any atom is -0.495 e. The molecule has 0 unspecified atom stereocenters. The summed E-state index contributed by atoms with van der Waals surface area (Å²) in [6.45, 7) is 1.50. The Bertz CT molecular complexity index is 922. The highest BCUT2D eigenvalue weighted by Crippen LogP contribution is 2.27. The van der Waals surface area contributed by atoms with Crippen LogP contribution in [-0.2, 0) is 9.84 Å². The molecule has 2 rings (SSSR count). The molecule has 0 aliphatic heterocycles. The first-order valence-corrected chi connectivity index (χ1v) is 9.06. The summed E-state index contributed by atoms with van der Waals surface area (Å²) in [5.41, 5.74) is 5.65. The van der Waals surface area contributed by atoms with Crippen LogP contribution in [0.5, 0.6) is 5.75 Å². The van der Waals surface area contributed by atoms with Crippen LogP contribution in [0.3, 0.4) is 0 Å². The van der Waals surface area contributed by atoms with E-state index in [1.165, 1.54) is 44.4 Å². The molecule has 2 amide bonds. The van der Waals surface area contributed by atoms with E-state index in [0.29, 0.717) is 5.75 Å². The highest BCUT2D eigenvalue weighted by Gasteiger charge is 2.21. The van der Waals surface area contributed by atoms with Gasteiger partial charge in [0.25, 0.3) is 5.91 Å². The summed E-state index contributed by atoms with van der Waals surface area (Å²) in [5.74, 6) is -1.11. The fourth-order valence-corrected chi connectivity index (χ4v) is 3.32. The van der Waals surface area contributed by atoms with Gasteiger partial charge in [0, 0.05) is 5.56 Å². The van der Waals surface area contributed by atoms with Gasteiger partial charge in [-0.25, -0.2) is 8.42 Å². The van der Waals surface area contributed by atoms with Gasteiger partial charge in [-0.05, 0) is 30.3 Å². The smallest absolute Gasteiger partial charge is 0.257 e. The fraction of sp³-hybridized carbons (Fsp3) is 0.176. The van der Waals surface area contributed by atoms with E-state index in [4.69, 9.17) is 10.5 Å². The SMILES string of the molecule is CCS(=O)(=O)c1ccccc1C(=O)Nc1cc(C(N)=O)ccc1OC. The number of rotatable bonds is 6. The summed E-state index contributed by atoms with van der Waals surface area (Å²) >= 11 is 0. The lowest BCUT2D eigenvalue weighted by molar-refractivity contribution is 0.0995. The Labute approximate surface area is 145 Å². The van der Waals surface area contributed by atoms with Crippen molar-refractivity contribution in [1.29, 1.82) is 0 Å². The van der Waals surface area contributed by atoms with Gasteiger partial charge < -0.3 is 15.8 Å². The summed E-state index contributed by atoms with van der Waals surface area (Å²) in [7, 11) is -2.16. The first-order chi connectivity index (χ1) is 11.8. The Kier molecular flexibility index (Phi) is 5.43. The molecule has 0 aliphatic carbocycles. The van der Waals surface area contributed by atoms with Crippen LogP contribution < -0.4 is 15.8 Å². The molecule has 0 fully saturated rings. The van der Waals surface area contributed by atoms with Gasteiger partial charge in [-0.1, -0.05) is 19.1 Å². The molecule has 0 heterocycles. The molecule has 0 atom stereocenters. The van der Waals surface area contributed by atoms with Crippen LogP contribution in [0, 0.1) is 0 Å². The summed E-state index contributed by atoms with van der Waals surface area (Å²) in [6, 6.07) is 10.2. The second kappa shape index (κ2) is 7.35. The maximum Gasteiger partial charge on any atom is 0.257 e. The largest absolute Gasteiger partial charge is 0.495 e. The molecule has 2 aromatic rings. The standard InChI is InChI=1S/C17H18N2O5S/c1-3-25(22,23)15-7-5-4-6-12(15)17(21)19-13-10-11(16(18)20)8-9-14(13)24-2/h4-10H,3H2,1-2H3,(H2,18,20)(H,19,21). The Balaban J connectivity index is 2.45. The highest BCUT2D eigenvalue weighted by molar-refractivity contribution is 7.91. The number of anilines is 1. The lowest BCUT2D eigenvalue weighted by atomic mass is 10.1. The van der Waals surface area contributed by atoms with Crippen LogP contribution in [0.15, 0.2) is 47.4 Å². The molecule has 0 radical (unpaired) electrons. The second-order valence-corrected chi connectivity index (χ2v) is 7.38. The van der Waals surface area contributed by atoms with Gasteiger partial charge in [0.15, 0.2) is 9.84 Å². The average Bonchev–Trinajstić information content (AvgIpc) is 2.61. The average molecular weight is 362 g/mol. The van der Waals surface area contributed by atoms with E-state index in [1.54, 1.807) is 12.1 Å². The van der Waals surface area contributed by atoms with Crippen molar-refractivity contribution < 1.29 is 22.7 Å². The molecule has 25 heavy (non-hydrogen) atoms. The number of nitrogens with two attached hydrogens (primary N) is 1. The first kappa shape index (κ1) is 18.5. The third-order valence-electron chi connectivity index (χ3n) is 3.58. The van der Waals surface area contributed by atoms with E-state index < -0.39 is 21.7 Å². The molecule has 7 nitrogen and oxygen atoms in total. The number of primary amides is 1. The number of carbonyl (C=O) groups is 2. The maximum atomic E-state index is 12.6. The van der Waals surface area contributed by atoms with E-state index in [2.05, 4.69) is 5.32 Å². The number of nitrogens with one attached hydrogen (secondary N) is 1. The predicted molar refractivity (Wildman–Crippen MR) is 93.6 cm³/mol.